The average molecular weight is 183 g/mol. The molecule has 0 saturated heterocycles. The molecule has 0 aliphatic carbocycles. The fourth-order valence-electron chi connectivity index (χ4n) is 0.933. The first-order valence-corrected chi connectivity index (χ1v) is 3.98. The Hall–Kier alpha value is -1.43. The highest BCUT2D eigenvalue weighted by Crippen LogP contribution is 2.18. The third-order valence-corrected chi connectivity index (χ3v) is 2.15. The van der Waals surface area contributed by atoms with Crippen molar-refractivity contribution in [2.24, 2.45) is 0 Å². The molecule has 2 heterocycles. The number of methoxy groups -OCH3 is 1. The molecule has 5 nitrogen and oxygen atoms in total. The molecule has 0 unspecified atom stereocenters. The number of H-pyrrole nitrogens is 1. The molecule has 0 aromatic carbocycles. The van der Waals surface area contributed by atoms with Crippen LogP contribution in [-0.2, 0) is 4.74 Å². The molecule has 0 radical (unpaired) electrons. The first-order valence-electron chi connectivity index (χ1n) is 3.20. The third-order valence-electron chi connectivity index (χ3n) is 1.50. The number of rotatable bonds is 1. The van der Waals surface area contributed by atoms with E-state index in [1.165, 1.54) is 18.6 Å². The highest BCUT2D eigenvalue weighted by molar-refractivity contribution is 7.12. The van der Waals surface area contributed by atoms with Crippen molar-refractivity contribution < 1.29 is 9.53 Å². The fourth-order valence-corrected chi connectivity index (χ4v) is 1.49. The standard InChI is InChI=1S/C6H5N3O2S/c1-11-6(10)3-2-7-5-4(3)8-9-12-5/h2,7H,1H3. The van der Waals surface area contributed by atoms with Crippen LogP contribution in [0.15, 0.2) is 6.20 Å². The number of ether oxygens (including phenoxy) is 1. The Balaban J connectivity index is 2.61. The summed E-state index contributed by atoms with van der Waals surface area (Å²) in [5.74, 6) is -0.394. The van der Waals surface area contributed by atoms with Crippen LogP contribution >= 0.6 is 11.5 Å². The van der Waals surface area contributed by atoms with Crippen molar-refractivity contribution in [1.29, 1.82) is 0 Å². The number of nitrogens with one attached hydrogen (secondary N) is 1. The zero-order valence-corrected chi connectivity index (χ0v) is 7.01. The molecule has 1 N–H and O–H groups in total. The van der Waals surface area contributed by atoms with Crippen LogP contribution in [0.1, 0.15) is 10.4 Å². The number of nitrogens with zero attached hydrogens (tertiary/aromatic N) is 2. The van der Waals surface area contributed by atoms with Crippen LogP contribution in [0.4, 0.5) is 0 Å². The van der Waals surface area contributed by atoms with Gasteiger partial charge in [0, 0.05) is 17.7 Å². The Morgan fingerprint density at radius 3 is 3.33 bits per heavy atom. The molecule has 0 aliphatic heterocycles. The van der Waals surface area contributed by atoms with Gasteiger partial charge in [0.25, 0.3) is 0 Å². The van der Waals surface area contributed by atoms with E-state index >= 15 is 0 Å². The predicted octanol–water partition coefficient (Wildman–Crippen LogP) is 0.806. The summed E-state index contributed by atoms with van der Waals surface area (Å²) in [5, 5.41) is 3.78. The average Bonchev–Trinajstić information content (AvgIpc) is 2.62. The summed E-state index contributed by atoms with van der Waals surface area (Å²) in [6, 6.07) is 0. The summed E-state index contributed by atoms with van der Waals surface area (Å²) in [6.45, 7) is 0. The van der Waals surface area contributed by atoms with Crippen molar-refractivity contribution in [3.63, 3.8) is 0 Å². The highest BCUT2D eigenvalue weighted by atomic mass is 32.1. The monoisotopic (exact) mass is 183 g/mol. The lowest BCUT2D eigenvalue weighted by atomic mass is 10.3. The smallest absolute Gasteiger partial charge is 0.341 e. The Bertz CT molecular complexity index is 419. The minimum atomic E-state index is -0.394. The van der Waals surface area contributed by atoms with Gasteiger partial charge < -0.3 is 9.72 Å². The number of esters is 1. The van der Waals surface area contributed by atoms with Crippen LogP contribution in [0, 0.1) is 0 Å². The first-order chi connectivity index (χ1) is 5.83. The van der Waals surface area contributed by atoms with E-state index in [0.717, 1.165) is 4.83 Å². The fraction of sp³-hybridized carbons (Fsp3) is 0.167. The summed E-state index contributed by atoms with van der Waals surface area (Å²) in [7, 11) is 1.33. The van der Waals surface area contributed by atoms with Crippen LogP contribution in [0.5, 0.6) is 0 Å². The van der Waals surface area contributed by atoms with Crippen LogP contribution in [0.2, 0.25) is 0 Å². The number of aromatic nitrogens is 3. The number of hydrogen-bond donors (Lipinski definition) is 1. The van der Waals surface area contributed by atoms with E-state index in [2.05, 4.69) is 19.3 Å². The molecular weight excluding hydrogens is 178 g/mol. The zero-order chi connectivity index (χ0) is 8.55. The van der Waals surface area contributed by atoms with E-state index in [9.17, 15) is 4.79 Å². The summed E-state index contributed by atoms with van der Waals surface area (Å²) in [5.41, 5.74) is 1.01. The van der Waals surface area contributed by atoms with Gasteiger partial charge in [0.05, 0.1) is 7.11 Å². The first kappa shape index (κ1) is 7.23. The van der Waals surface area contributed by atoms with Crippen molar-refractivity contribution in [2.45, 2.75) is 0 Å². The molecule has 0 saturated carbocycles. The van der Waals surface area contributed by atoms with Crippen molar-refractivity contribution in [1.82, 2.24) is 14.6 Å². The molecule has 2 aromatic rings. The highest BCUT2D eigenvalue weighted by Gasteiger charge is 2.14. The number of fused-ring (bicyclic) bond motifs is 1. The lowest BCUT2D eigenvalue weighted by Gasteiger charge is -1.91. The third kappa shape index (κ3) is 0.884. The van der Waals surface area contributed by atoms with Gasteiger partial charge in [-0.05, 0) is 0 Å². The van der Waals surface area contributed by atoms with Gasteiger partial charge in [-0.25, -0.2) is 4.79 Å². The zero-order valence-electron chi connectivity index (χ0n) is 6.20. The van der Waals surface area contributed by atoms with E-state index in [1.807, 2.05) is 0 Å². The lowest BCUT2D eigenvalue weighted by Crippen LogP contribution is -1.99. The number of carbonyl (C=O) groups is 1. The molecule has 0 aliphatic rings. The molecule has 0 atom stereocenters. The molecule has 0 fully saturated rings. The summed E-state index contributed by atoms with van der Waals surface area (Å²) < 4.78 is 8.24. The predicted molar refractivity (Wildman–Crippen MR) is 43.1 cm³/mol. The van der Waals surface area contributed by atoms with E-state index in [-0.39, 0.29) is 0 Å². The molecular formula is C6H5N3O2S. The lowest BCUT2D eigenvalue weighted by molar-refractivity contribution is 0.0603. The van der Waals surface area contributed by atoms with Crippen LogP contribution in [-0.4, -0.2) is 27.7 Å². The van der Waals surface area contributed by atoms with Gasteiger partial charge in [0.2, 0.25) is 0 Å². The van der Waals surface area contributed by atoms with Gasteiger partial charge in [-0.1, -0.05) is 4.49 Å². The molecule has 2 aromatic heterocycles. The minimum Gasteiger partial charge on any atom is -0.465 e. The van der Waals surface area contributed by atoms with Crippen LogP contribution in [0.25, 0.3) is 10.3 Å². The largest absolute Gasteiger partial charge is 0.465 e. The maximum atomic E-state index is 11.1. The summed E-state index contributed by atoms with van der Waals surface area (Å²) in [4.78, 5) is 14.7. The summed E-state index contributed by atoms with van der Waals surface area (Å²) >= 11 is 1.21. The van der Waals surface area contributed by atoms with Gasteiger partial charge in [-0.3, -0.25) is 0 Å². The van der Waals surface area contributed by atoms with Gasteiger partial charge in [-0.2, -0.15) is 0 Å². The number of aromatic amines is 1. The van der Waals surface area contributed by atoms with Crippen molar-refractivity contribution in [2.75, 3.05) is 7.11 Å². The Kier molecular flexibility index (Phi) is 1.54. The maximum Gasteiger partial charge on any atom is 0.341 e. The van der Waals surface area contributed by atoms with E-state index in [1.54, 1.807) is 6.20 Å². The van der Waals surface area contributed by atoms with Gasteiger partial charge in [0.1, 0.15) is 15.9 Å². The number of hydrogen-bond acceptors (Lipinski definition) is 5. The van der Waals surface area contributed by atoms with Crippen LogP contribution in [0.3, 0.4) is 0 Å². The molecule has 62 valence electrons. The van der Waals surface area contributed by atoms with Crippen molar-refractivity contribution in [3.05, 3.63) is 11.8 Å². The molecule has 0 bridgehead atoms. The minimum absolute atomic E-state index is 0.394. The van der Waals surface area contributed by atoms with Crippen molar-refractivity contribution in [3.8, 4) is 0 Å². The van der Waals surface area contributed by atoms with Crippen molar-refractivity contribution >= 4 is 27.8 Å². The SMILES string of the molecule is COC(=O)c1c[nH]c2snnc12. The second-order valence-corrected chi connectivity index (χ2v) is 2.90. The second kappa shape index (κ2) is 2.56. The molecule has 2 rings (SSSR count). The van der Waals surface area contributed by atoms with E-state index in [0.29, 0.717) is 11.1 Å². The normalized spacial score (nSPS) is 10.4. The van der Waals surface area contributed by atoms with E-state index < -0.39 is 5.97 Å². The van der Waals surface area contributed by atoms with E-state index in [4.69, 9.17) is 0 Å². The molecule has 12 heavy (non-hydrogen) atoms. The number of carbonyl (C=O) groups excluding carboxylic acids is 1. The molecule has 6 heteroatoms. The molecule has 0 amide bonds. The van der Waals surface area contributed by atoms with Gasteiger partial charge in [0.15, 0.2) is 0 Å². The Labute approximate surface area is 71.5 Å². The second-order valence-electron chi connectivity index (χ2n) is 2.14. The molecule has 0 spiro atoms. The van der Waals surface area contributed by atoms with Gasteiger partial charge >= 0.3 is 5.97 Å². The Morgan fingerprint density at radius 2 is 2.58 bits per heavy atom. The van der Waals surface area contributed by atoms with Crippen LogP contribution < -0.4 is 0 Å². The summed E-state index contributed by atoms with van der Waals surface area (Å²) in [6.07, 6.45) is 1.57. The Morgan fingerprint density at radius 1 is 1.75 bits per heavy atom. The topological polar surface area (TPSA) is 67.9 Å². The quantitative estimate of drug-likeness (QED) is 0.664. The maximum absolute atomic E-state index is 11.1. The van der Waals surface area contributed by atoms with Gasteiger partial charge in [-0.15, -0.1) is 5.10 Å².